The summed E-state index contributed by atoms with van der Waals surface area (Å²) in [5, 5.41) is 6.97. The van der Waals surface area contributed by atoms with Gasteiger partial charge in [-0.05, 0) is 31.0 Å². The van der Waals surface area contributed by atoms with Crippen LogP contribution in [-0.4, -0.2) is 34.3 Å². The van der Waals surface area contributed by atoms with Crippen LogP contribution in [0.1, 0.15) is 12.8 Å². The monoisotopic (exact) mass is 339 g/mol. The predicted molar refractivity (Wildman–Crippen MR) is 78.9 cm³/mol. The third-order valence-electron chi connectivity index (χ3n) is 3.40. The fourth-order valence-electron chi connectivity index (χ4n) is 2.39. The van der Waals surface area contributed by atoms with Gasteiger partial charge in [0.2, 0.25) is 5.95 Å². The molecule has 2 heterocycles. The van der Waals surface area contributed by atoms with Crippen LogP contribution in [0.2, 0.25) is 0 Å². The van der Waals surface area contributed by atoms with Gasteiger partial charge in [-0.3, -0.25) is 5.10 Å². The van der Waals surface area contributed by atoms with Crippen LogP contribution in [0.15, 0.2) is 22.7 Å². The first-order valence-corrected chi connectivity index (χ1v) is 7.31. The molecule has 1 fully saturated rings. The smallest absolute Gasteiger partial charge is 0.245 e. The Bertz CT molecular complexity index is 615. The molecule has 0 spiro atoms. The van der Waals surface area contributed by atoms with Crippen LogP contribution in [0.3, 0.4) is 0 Å². The number of piperidine rings is 1. The lowest BCUT2D eigenvalue weighted by Crippen LogP contribution is -2.43. The molecule has 1 unspecified atom stereocenters. The predicted octanol–water partition coefficient (Wildman–Crippen LogP) is 2.30. The van der Waals surface area contributed by atoms with Gasteiger partial charge in [-0.15, -0.1) is 5.10 Å². The minimum Gasteiger partial charge on any atom is -0.338 e. The largest absolute Gasteiger partial charge is 0.338 e. The fourth-order valence-corrected chi connectivity index (χ4v) is 2.75. The lowest BCUT2D eigenvalue weighted by atomic mass is 10.1. The van der Waals surface area contributed by atoms with Crippen molar-refractivity contribution in [1.82, 2.24) is 15.2 Å². The first-order valence-electron chi connectivity index (χ1n) is 6.52. The summed E-state index contributed by atoms with van der Waals surface area (Å²) in [5.41, 5.74) is 6.35. The third kappa shape index (κ3) is 2.69. The van der Waals surface area contributed by atoms with Gasteiger partial charge in [-0.1, -0.05) is 15.9 Å². The Morgan fingerprint density at radius 2 is 2.30 bits per heavy atom. The average Bonchev–Trinajstić information content (AvgIpc) is 2.91. The molecule has 1 aliphatic rings. The van der Waals surface area contributed by atoms with Crippen molar-refractivity contribution < 1.29 is 4.39 Å². The maximum Gasteiger partial charge on any atom is 0.245 e. The molecule has 1 aromatic heterocycles. The van der Waals surface area contributed by atoms with Crippen molar-refractivity contribution in [3.8, 4) is 11.4 Å². The zero-order valence-electron chi connectivity index (χ0n) is 10.8. The van der Waals surface area contributed by atoms with Crippen molar-refractivity contribution in [2.45, 2.75) is 18.9 Å². The highest BCUT2D eigenvalue weighted by Crippen LogP contribution is 2.25. The molecule has 3 N–H and O–H groups in total. The van der Waals surface area contributed by atoms with Gasteiger partial charge in [0, 0.05) is 23.6 Å². The number of hydrogen-bond acceptors (Lipinski definition) is 4. The van der Waals surface area contributed by atoms with Crippen molar-refractivity contribution in [2.75, 3.05) is 18.0 Å². The van der Waals surface area contributed by atoms with E-state index in [-0.39, 0.29) is 11.9 Å². The first kappa shape index (κ1) is 13.5. The Kier molecular flexibility index (Phi) is 3.71. The van der Waals surface area contributed by atoms with Crippen molar-refractivity contribution in [3.63, 3.8) is 0 Å². The molecule has 0 radical (unpaired) electrons. The molecule has 1 atom stereocenters. The molecule has 5 nitrogen and oxygen atoms in total. The summed E-state index contributed by atoms with van der Waals surface area (Å²) in [7, 11) is 0. The number of anilines is 1. The second-order valence-corrected chi connectivity index (χ2v) is 5.87. The second-order valence-electron chi connectivity index (χ2n) is 4.96. The van der Waals surface area contributed by atoms with Crippen LogP contribution in [0.4, 0.5) is 10.3 Å². The van der Waals surface area contributed by atoms with Crippen LogP contribution >= 0.6 is 15.9 Å². The van der Waals surface area contributed by atoms with E-state index in [1.807, 2.05) is 4.90 Å². The number of H-pyrrole nitrogens is 1. The van der Waals surface area contributed by atoms with E-state index in [0.29, 0.717) is 17.3 Å². The summed E-state index contributed by atoms with van der Waals surface area (Å²) in [6.07, 6.45) is 2.05. The number of nitrogens with two attached hydrogens (primary N) is 1. The summed E-state index contributed by atoms with van der Waals surface area (Å²) in [6.45, 7) is 1.62. The van der Waals surface area contributed by atoms with E-state index in [4.69, 9.17) is 5.73 Å². The van der Waals surface area contributed by atoms with Gasteiger partial charge in [-0.25, -0.2) is 4.39 Å². The zero-order valence-corrected chi connectivity index (χ0v) is 12.4. The van der Waals surface area contributed by atoms with E-state index in [2.05, 4.69) is 31.1 Å². The summed E-state index contributed by atoms with van der Waals surface area (Å²) < 4.78 is 14.6. The van der Waals surface area contributed by atoms with E-state index >= 15 is 0 Å². The summed E-state index contributed by atoms with van der Waals surface area (Å²) in [4.78, 5) is 6.42. The molecule has 20 heavy (non-hydrogen) atoms. The van der Waals surface area contributed by atoms with Crippen LogP contribution in [-0.2, 0) is 0 Å². The van der Waals surface area contributed by atoms with Gasteiger partial charge in [0.15, 0.2) is 5.82 Å². The average molecular weight is 340 g/mol. The molecule has 0 amide bonds. The molecule has 3 rings (SSSR count). The second kappa shape index (κ2) is 5.49. The van der Waals surface area contributed by atoms with E-state index in [0.717, 1.165) is 30.4 Å². The van der Waals surface area contributed by atoms with Crippen LogP contribution in [0.5, 0.6) is 0 Å². The minimum atomic E-state index is -0.328. The van der Waals surface area contributed by atoms with Gasteiger partial charge >= 0.3 is 0 Å². The number of nitrogens with one attached hydrogen (secondary N) is 1. The van der Waals surface area contributed by atoms with Crippen LogP contribution < -0.4 is 10.6 Å². The molecule has 7 heteroatoms. The summed E-state index contributed by atoms with van der Waals surface area (Å²) in [5.74, 6) is 0.679. The lowest BCUT2D eigenvalue weighted by molar-refractivity contribution is 0.500. The highest BCUT2D eigenvalue weighted by atomic mass is 79.9. The van der Waals surface area contributed by atoms with Crippen LogP contribution in [0.25, 0.3) is 11.4 Å². The molecule has 1 saturated heterocycles. The maximum atomic E-state index is 13.8. The van der Waals surface area contributed by atoms with Gasteiger partial charge in [0.1, 0.15) is 5.82 Å². The SMILES string of the molecule is NC1CCCN(c2n[nH]c(-c3cc(Br)ccc3F)n2)C1. The number of nitrogens with zero attached hydrogens (tertiary/aromatic N) is 3. The van der Waals surface area contributed by atoms with Gasteiger partial charge in [0.25, 0.3) is 0 Å². The number of hydrogen-bond donors (Lipinski definition) is 2. The summed E-state index contributed by atoms with van der Waals surface area (Å²) >= 11 is 3.33. The van der Waals surface area contributed by atoms with Gasteiger partial charge in [0.05, 0.1) is 5.56 Å². The van der Waals surface area contributed by atoms with Crippen LogP contribution in [0, 0.1) is 5.82 Å². The lowest BCUT2D eigenvalue weighted by Gasteiger charge is -2.29. The molecular weight excluding hydrogens is 325 g/mol. The Hall–Kier alpha value is -1.47. The highest BCUT2D eigenvalue weighted by Gasteiger charge is 2.21. The molecular formula is C13H15BrFN5. The first-order chi connectivity index (χ1) is 9.63. The Morgan fingerprint density at radius 1 is 1.45 bits per heavy atom. The number of aromatic nitrogens is 3. The van der Waals surface area contributed by atoms with E-state index in [1.165, 1.54) is 6.07 Å². The van der Waals surface area contributed by atoms with Crippen molar-refractivity contribution in [2.24, 2.45) is 5.73 Å². The molecule has 1 aromatic carbocycles. The Labute approximate surface area is 124 Å². The van der Waals surface area contributed by atoms with E-state index in [9.17, 15) is 4.39 Å². The number of benzene rings is 1. The number of rotatable bonds is 2. The molecule has 0 bridgehead atoms. The van der Waals surface area contributed by atoms with E-state index < -0.39 is 0 Å². The number of halogens is 2. The van der Waals surface area contributed by atoms with Crippen molar-refractivity contribution >= 4 is 21.9 Å². The molecule has 0 aliphatic carbocycles. The molecule has 0 saturated carbocycles. The molecule has 1 aliphatic heterocycles. The molecule has 106 valence electrons. The van der Waals surface area contributed by atoms with Crippen molar-refractivity contribution in [1.29, 1.82) is 0 Å². The standard InChI is InChI=1S/C13H15BrFN5/c14-8-3-4-11(15)10(6-8)12-17-13(19-18-12)20-5-1-2-9(16)7-20/h3-4,6,9H,1-2,5,7,16H2,(H,17,18,19). The Balaban J connectivity index is 1.88. The maximum absolute atomic E-state index is 13.8. The molecule has 2 aromatic rings. The highest BCUT2D eigenvalue weighted by molar-refractivity contribution is 9.10. The third-order valence-corrected chi connectivity index (χ3v) is 3.89. The van der Waals surface area contributed by atoms with E-state index in [1.54, 1.807) is 12.1 Å². The summed E-state index contributed by atoms with van der Waals surface area (Å²) in [6, 6.07) is 4.88. The van der Waals surface area contributed by atoms with Gasteiger partial charge < -0.3 is 10.6 Å². The quantitative estimate of drug-likeness (QED) is 0.880. The minimum absolute atomic E-state index is 0.147. The number of aromatic amines is 1. The topological polar surface area (TPSA) is 70.8 Å². The van der Waals surface area contributed by atoms with Gasteiger partial charge in [-0.2, -0.15) is 4.98 Å². The zero-order chi connectivity index (χ0) is 14.1. The van der Waals surface area contributed by atoms with Crippen molar-refractivity contribution in [3.05, 3.63) is 28.5 Å². The normalized spacial score (nSPS) is 19.4. The fraction of sp³-hybridized carbons (Fsp3) is 0.385. The Morgan fingerprint density at radius 3 is 3.10 bits per heavy atom.